The lowest BCUT2D eigenvalue weighted by atomic mass is 9.87. The number of nitrogens with one attached hydrogen (secondary N) is 1. The normalized spacial score (nSPS) is 16.0. The summed E-state index contributed by atoms with van der Waals surface area (Å²) >= 11 is 0. The minimum absolute atomic E-state index is 0.0841. The van der Waals surface area contributed by atoms with E-state index >= 15 is 0 Å². The van der Waals surface area contributed by atoms with E-state index in [4.69, 9.17) is 10.9 Å². The second-order valence-electron chi connectivity index (χ2n) is 6.76. The first-order valence-electron chi connectivity index (χ1n) is 10.1. The average molecular weight is 322 g/mol. The summed E-state index contributed by atoms with van der Waals surface area (Å²) in [5.74, 6) is 0. The lowest BCUT2D eigenvalue weighted by molar-refractivity contribution is 0.411. The van der Waals surface area contributed by atoms with E-state index < -0.39 is 11.8 Å². The van der Waals surface area contributed by atoms with Gasteiger partial charge in [0.05, 0.1) is 2.74 Å². The molecule has 0 aliphatic heterocycles. The molecule has 0 saturated heterocycles. The molecular formula is C23H27N. The van der Waals surface area contributed by atoms with E-state index in [1.54, 1.807) is 26.8 Å². The van der Waals surface area contributed by atoms with Crippen molar-refractivity contribution in [3.8, 4) is 0 Å². The smallest absolute Gasteiger partial charge is 0.0629 e. The van der Waals surface area contributed by atoms with Gasteiger partial charge in [-0.3, -0.25) is 0 Å². The molecule has 1 nitrogen and oxygen atoms in total. The first kappa shape index (κ1) is 12.9. The molecule has 1 heteroatoms. The van der Waals surface area contributed by atoms with Gasteiger partial charge in [-0.05, 0) is 52.6 Å². The first-order valence-corrected chi connectivity index (χ1v) is 8.05. The van der Waals surface area contributed by atoms with Crippen LogP contribution < -0.4 is 0 Å². The van der Waals surface area contributed by atoms with Crippen LogP contribution in [0.15, 0.2) is 66.7 Å². The molecule has 0 unspecified atom stereocenters. The van der Waals surface area contributed by atoms with E-state index in [1.165, 1.54) is 12.1 Å². The number of hydrogen-bond acceptors (Lipinski definition) is 1. The lowest BCUT2D eigenvalue weighted by Gasteiger charge is -2.18. The molecular weight excluding hydrogens is 290 g/mol. The van der Waals surface area contributed by atoms with Crippen LogP contribution >= 0.6 is 0 Å². The molecule has 2 aromatic carbocycles. The summed E-state index contributed by atoms with van der Waals surface area (Å²) in [5.41, 5.74) is 2.64. The molecule has 24 heavy (non-hydrogen) atoms. The van der Waals surface area contributed by atoms with Crippen LogP contribution in [0, 0.1) is 10.8 Å². The van der Waals surface area contributed by atoms with E-state index in [-0.39, 0.29) is 12.1 Å². The first-order chi connectivity index (χ1) is 13.0. The minimum Gasteiger partial charge on any atom is -0.309 e. The Morgan fingerprint density at radius 3 is 2.25 bits per heavy atom. The van der Waals surface area contributed by atoms with Crippen LogP contribution in [-0.4, -0.2) is 6.21 Å². The Morgan fingerprint density at radius 2 is 1.71 bits per heavy atom. The molecule has 0 spiro atoms. The van der Waals surface area contributed by atoms with E-state index in [2.05, 4.69) is 0 Å². The van der Waals surface area contributed by atoms with E-state index in [0.29, 0.717) is 16.7 Å². The maximum absolute atomic E-state index is 8.46. The van der Waals surface area contributed by atoms with Gasteiger partial charge in [-0.25, -0.2) is 0 Å². The zero-order valence-electron chi connectivity index (χ0n) is 18.8. The van der Waals surface area contributed by atoms with Crippen LogP contribution in [0.4, 0.5) is 0 Å². The van der Waals surface area contributed by atoms with Gasteiger partial charge in [-0.15, -0.1) is 0 Å². The van der Waals surface area contributed by atoms with Crippen LogP contribution in [0.3, 0.4) is 0 Å². The molecule has 0 fully saturated rings. The topological polar surface area (TPSA) is 23.9 Å². The van der Waals surface area contributed by atoms with Gasteiger partial charge in [0, 0.05) is 8.96 Å². The average Bonchev–Trinajstić information content (AvgIpc) is 2.61. The Labute approximate surface area is 151 Å². The van der Waals surface area contributed by atoms with Gasteiger partial charge in [0.15, 0.2) is 0 Å². The quantitative estimate of drug-likeness (QED) is 0.486. The predicted octanol–water partition coefficient (Wildman–Crippen LogP) is 6.41. The monoisotopic (exact) mass is 321 g/mol. The van der Waals surface area contributed by atoms with Gasteiger partial charge in [0.1, 0.15) is 0 Å². The molecule has 2 rings (SSSR count). The SMILES string of the molecule is [2H]c1cc(C([2H])([2H])C(C)(C)C)cc([2H])c1C(/C=C(\C)c1ccccc1)=C/C=N. The van der Waals surface area contributed by atoms with Gasteiger partial charge >= 0.3 is 0 Å². The third-order valence-electron chi connectivity index (χ3n) is 3.42. The highest BCUT2D eigenvalue weighted by Gasteiger charge is 2.11. The van der Waals surface area contributed by atoms with E-state index in [9.17, 15) is 0 Å². The van der Waals surface area contributed by atoms with Crippen molar-refractivity contribution in [3.63, 3.8) is 0 Å². The van der Waals surface area contributed by atoms with Gasteiger partial charge in [-0.2, -0.15) is 0 Å². The zero-order chi connectivity index (χ0) is 21.1. The Morgan fingerprint density at radius 1 is 1.08 bits per heavy atom. The maximum atomic E-state index is 8.46. The van der Waals surface area contributed by atoms with Crippen molar-refractivity contribution >= 4 is 17.4 Å². The van der Waals surface area contributed by atoms with Gasteiger partial charge in [0.25, 0.3) is 0 Å². The predicted molar refractivity (Wildman–Crippen MR) is 106 cm³/mol. The van der Waals surface area contributed by atoms with Crippen molar-refractivity contribution < 1.29 is 5.48 Å². The number of allylic oxidation sites excluding steroid dienone is 4. The van der Waals surface area contributed by atoms with Gasteiger partial charge < -0.3 is 5.41 Å². The van der Waals surface area contributed by atoms with Crippen molar-refractivity contribution in [3.05, 3.63) is 83.4 Å². The second kappa shape index (κ2) is 7.92. The fourth-order valence-corrected chi connectivity index (χ4v) is 2.37. The standard InChI is InChI=1S/C23H27N/c1-18(20-8-6-5-7-9-20)16-22(14-15-24)21-12-10-19(11-13-21)17-23(2,3)4/h5-16,24H,17H2,1-4H3/b18-16+,22-14+,24-15?/i12D,13D,17D2. The van der Waals surface area contributed by atoms with Crippen molar-refractivity contribution in [2.24, 2.45) is 5.41 Å². The third kappa shape index (κ3) is 5.34. The summed E-state index contributed by atoms with van der Waals surface area (Å²) in [7, 11) is 0. The molecule has 0 aromatic heterocycles. The number of benzene rings is 2. The second-order valence-corrected chi connectivity index (χ2v) is 6.76. The molecule has 0 aliphatic carbocycles. The molecule has 0 atom stereocenters. The summed E-state index contributed by atoms with van der Waals surface area (Å²) < 4.78 is 33.8. The largest absolute Gasteiger partial charge is 0.309 e. The lowest BCUT2D eigenvalue weighted by Crippen LogP contribution is -2.08. The molecule has 0 bridgehead atoms. The molecule has 0 radical (unpaired) electrons. The Balaban J connectivity index is 2.58. The molecule has 2 aromatic rings. The highest BCUT2D eigenvalue weighted by atomic mass is 14.3. The minimum atomic E-state index is -1.67. The molecule has 0 saturated carbocycles. The summed E-state index contributed by atoms with van der Waals surface area (Å²) in [4.78, 5) is 0. The van der Waals surface area contributed by atoms with Crippen LogP contribution in [0.1, 0.15) is 49.9 Å². The maximum Gasteiger partial charge on any atom is 0.0629 e. The zero-order valence-corrected chi connectivity index (χ0v) is 14.8. The van der Waals surface area contributed by atoms with E-state index in [1.807, 2.05) is 43.3 Å². The molecule has 0 aliphatic rings. The number of rotatable bonds is 5. The van der Waals surface area contributed by atoms with Crippen LogP contribution in [0.25, 0.3) is 11.1 Å². The Hall–Kier alpha value is -2.41. The molecule has 0 heterocycles. The highest BCUT2D eigenvalue weighted by molar-refractivity contribution is 5.91. The van der Waals surface area contributed by atoms with Crippen molar-refractivity contribution in [1.29, 1.82) is 5.41 Å². The van der Waals surface area contributed by atoms with Crippen molar-refractivity contribution in [2.45, 2.75) is 34.1 Å². The van der Waals surface area contributed by atoms with E-state index in [0.717, 1.165) is 17.4 Å². The summed E-state index contributed by atoms with van der Waals surface area (Å²) in [6.07, 6.45) is 2.91. The fraction of sp³-hybridized carbons (Fsp3) is 0.261. The molecule has 124 valence electrons. The summed E-state index contributed by atoms with van der Waals surface area (Å²) in [6, 6.07) is 13.0. The highest BCUT2D eigenvalue weighted by Crippen LogP contribution is 2.25. The molecule has 1 N–H and O–H groups in total. The van der Waals surface area contributed by atoms with Crippen LogP contribution in [0.2, 0.25) is 0 Å². The van der Waals surface area contributed by atoms with Gasteiger partial charge in [0.2, 0.25) is 0 Å². The Bertz CT molecular complexity index is 896. The van der Waals surface area contributed by atoms with Crippen molar-refractivity contribution in [1.82, 2.24) is 0 Å². The fourth-order valence-electron chi connectivity index (χ4n) is 2.37. The van der Waals surface area contributed by atoms with Crippen LogP contribution in [0.5, 0.6) is 0 Å². The molecule has 0 amide bonds. The number of hydrogen-bond donors (Lipinski definition) is 1. The van der Waals surface area contributed by atoms with Gasteiger partial charge in [-0.1, -0.05) is 81.4 Å². The summed E-state index contributed by atoms with van der Waals surface area (Å²) in [6.45, 7) is 7.37. The van der Waals surface area contributed by atoms with Crippen molar-refractivity contribution in [2.75, 3.05) is 0 Å². The Kier molecular flexibility index (Phi) is 4.27. The third-order valence-corrected chi connectivity index (χ3v) is 3.42. The van der Waals surface area contributed by atoms with Crippen LogP contribution in [-0.2, 0) is 6.37 Å². The summed E-state index contributed by atoms with van der Waals surface area (Å²) in [5, 5.41) is 7.48.